The molecule has 0 aliphatic carbocycles. The molecule has 0 aliphatic rings. The molecule has 1 aromatic rings. The molecule has 0 amide bonds. The Morgan fingerprint density at radius 2 is 2.31 bits per heavy atom. The minimum absolute atomic E-state index is 0.327. The van der Waals surface area contributed by atoms with Crippen molar-refractivity contribution in [2.75, 3.05) is 32.2 Å². The van der Waals surface area contributed by atoms with Crippen LogP contribution in [0.25, 0.3) is 0 Å². The lowest BCUT2D eigenvalue weighted by molar-refractivity contribution is 0.196. The monoisotopic (exact) mass is 239 g/mol. The summed E-state index contributed by atoms with van der Waals surface area (Å²) in [6.45, 7) is 1.70. The Hall–Kier alpha value is -1.20. The molecule has 0 unspecified atom stereocenters. The quantitative estimate of drug-likeness (QED) is 0.597. The van der Waals surface area contributed by atoms with E-state index in [0.29, 0.717) is 10.7 Å². The van der Waals surface area contributed by atoms with Gasteiger partial charge >= 0.3 is 0 Å². The highest BCUT2D eigenvalue weighted by Gasteiger charge is 2.02. The van der Waals surface area contributed by atoms with E-state index in [1.807, 2.05) is 19.2 Å². The second kappa shape index (κ2) is 6.40. The summed E-state index contributed by atoms with van der Waals surface area (Å²) >= 11 is 4.84. The van der Waals surface area contributed by atoms with Crippen LogP contribution >= 0.6 is 12.2 Å². The van der Waals surface area contributed by atoms with Gasteiger partial charge < -0.3 is 15.4 Å². The van der Waals surface area contributed by atoms with Crippen LogP contribution in [0.15, 0.2) is 18.3 Å². The van der Waals surface area contributed by atoms with E-state index in [1.165, 1.54) is 0 Å². The summed E-state index contributed by atoms with van der Waals surface area (Å²) in [5.41, 5.74) is 7.19. The molecule has 2 N–H and O–H groups in total. The van der Waals surface area contributed by atoms with Crippen molar-refractivity contribution in [3.8, 4) is 0 Å². The first-order valence-electron chi connectivity index (χ1n) is 5.11. The van der Waals surface area contributed by atoms with Crippen molar-refractivity contribution in [3.05, 3.63) is 24.0 Å². The highest BCUT2D eigenvalue weighted by atomic mass is 32.1. The molecule has 1 rings (SSSR count). The van der Waals surface area contributed by atoms with Crippen LogP contribution in [0.1, 0.15) is 12.1 Å². The molecule has 0 saturated heterocycles. The minimum Gasteiger partial charge on any atom is -0.388 e. The number of thiocarbonyl (C=S) groups is 1. The van der Waals surface area contributed by atoms with E-state index >= 15 is 0 Å². The molecule has 0 aliphatic heterocycles. The Labute approximate surface area is 101 Å². The first-order chi connectivity index (χ1) is 7.65. The fourth-order valence-electron chi connectivity index (χ4n) is 1.33. The van der Waals surface area contributed by atoms with Crippen LogP contribution in [-0.4, -0.2) is 37.3 Å². The topological polar surface area (TPSA) is 51.4 Å². The number of pyridine rings is 1. The van der Waals surface area contributed by atoms with E-state index in [1.54, 1.807) is 13.3 Å². The van der Waals surface area contributed by atoms with E-state index in [0.717, 1.165) is 25.3 Å². The number of hydrogen-bond donors (Lipinski definition) is 1. The van der Waals surface area contributed by atoms with Crippen molar-refractivity contribution >= 4 is 22.9 Å². The molecular weight excluding hydrogens is 222 g/mol. The van der Waals surface area contributed by atoms with Crippen molar-refractivity contribution in [1.82, 2.24) is 4.98 Å². The SMILES string of the molecule is COCCCN(C)c1ccc(C(N)=S)nc1. The van der Waals surface area contributed by atoms with Crippen LogP contribution < -0.4 is 10.6 Å². The zero-order valence-electron chi connectivity index (χ0n) is 9.64. The zero-order valence-corrected chi connectivity index (χ0v) is 10.5. The first kappa shape index (κ1) is 12.9. The van der Waals surface area contributed by atoms with Gasteiger partial charge in [0.2, 0.25) is 0 Å². The molecule has 0 fully saturated rings. The lowest BCUT2D eigenvalue weighted by Crippen LogP contribution is -2.20. The van der Waals surface area contributed by atoms with Crippen LogP contribution in [0.3, 0.4) is 0 Å². The van der Waals surface area contributed by atoms with E-state index in [2.05, 4.69) is 9.88 Å². The predicted molar refractivity (Wildman–Crippen MR) is 69.9 cm³/mol. The molecule has 0 aromatic carbocycles. The highest BCUT2D eigenvalue weighted by Crippen LogP contribution is 2.11. The van der Waals surface area contributed by atoms with Gasteiger partial charge in [0.1, 0.15) is 4.99 Å². The van der Waals surface area contributed by atoms with Crippen LogP contribution in [0.2, 0.25) is 0 Å². The summed E-state index contributed by atoms with van der Waals surface area (Å²) in [4.78, 5) is 6.64. The Kier molecular flexibility index (Phi) is 5.14. The fraction of sp³-hybridized carbons (Fsp3) is 0.455. The van der Waals surface area contributed by atoms with Gasteiger partial charge in [-0.3, -0.25) is 4.98 Å². The zero-order chi connectivity index (χ0) is 12.0. The third-order valence-corrected chi connectivity index (χ3v) is 2.49. The Morgan fingerprint density at radius 3 is 2.81 bits per heavy atom. The summed E-state index contributed by atoms with van der Waals surface area (Å²) in [5, 5.41) is 0. The number of anilines is 1. The van der Waals surface area contributed by atoms with Gasteiger partial charge in [0.15, 0.2) is 0 Å². The molecule has 1 aromatic heterocycles. The fourth-order valence-corrected chi connectivity index (χ4v) is 1.45. The van der Waals surface area contributed by atoms with E-state index in [4.69, 9.17) is 22.7 Å². The lowest BCUT2D eigenvalue weighted by atomic mass is 10.3. The van der Waals surface area contributed by atoms with Crippen molar-refractivity contribution in [1.29, 1.82) is 0 Å². The molecule has 1 heterocycles. The average molecular weight is 239 g/mol. The van der Waals surface area contributed by atoms with Crippen LogP contribution in [0.4, 0.5) is 5.69 Å². The van der Waals surface area contributed by atoms with Gasteiger partial charge in [-0.25, -0.2) is 0 Å². The van der Waals surface area contributed by atoms with Crippen LogP contribution in [0.5, 0.6) is 0 Å². The number of ether oxygens (including phenoxy) is 1. The van der Waals surface area contributed by atoms with Gasteiger partial charge in [0.05, 0.1) is 17.6 Å². The van der Waals surface area contributed by atoms with Gasteiger partial charge in [-0.05, 0) is 18.6 Å². The average Bonchev–Trinajstić information content (AvgIpc) is 2.29. The number of hydrogen-bond acceptors (Lipinski definition) is 4. The molecule has 0 radical (unpaired) electrons. The Morgan fingerprint density at radius 1 is 1.56 bits per heavy atom. The summed E-state index contributed by atoms with van der Waals surface area (Å²) < 4.78 is 5.00. The normalized spacial score (nSPS) is 10.1. The number of methoxy groups -OCH3 is 1. The third-order valence-electron chi connectivity index (χ3n) is 2.28. The lowest BCUT2D eigenvalue weighted by Gasteiger charge is -2.18. The molecular formula is C11H17N3OS. The summed E-state index contributed by atoms with van der Waals surface area (Å²) in [5.74, 6) is 0. The van der Waals surface area contributed by atoms with Gasteiger partial charge in [0, 0.05) is 27.3 Å². The van der Waals surface area contributed by atoms with E-state index < -0.39 is 0 Å². The molecule has 88 valence electrons. The second-order valence-corrected chi connectivity index (χ2v) is 3.97. The molecule has 0 bridgehead atoms. The molecule has 4 nitrogen and oxygen atoms in total. The molecule has 16 heavy (non-hydrogen) atoms. The van der Waals surface area contributed by atoms with Gasteiger partial charge in [-0.1, -0.05) is 12.2 Å². The van der Waals surface area contributed by atoms with E-state index in [9.17, 15) is 0 Å². The second-order valence-electron chi connectivity index (χ2n) is 3.53. The van der Waals surface area contributed by atoms with Crippen LogP contribution in [-0.2, 0) is 4.74 Å². The minimum atomic E-state index is 0.327. The molecule has 5 heteroatoms. The highest BCUT2D eigenvalue weighted by molar-refractivity contribution is 7.80. The Bertz CT molecular complexity index is 340. The molecule has 0 atom stereocenters. The van der Waals surface area contributed by atoms with Crippen molar-refractivity contribution < 1.29 is 4.74 Å². The number of nitrogens with zero attached hydrogens (tertiary/aromatic N) is 2. The van der Waals surface area contributed by atoms with Gasteiger partial charge in [0.25, 0.3) is 0 Å². The smallest absolute Gasteiger partial charge is 0.122 e. The van der Waals surface area contributed by atoms with Crippen molar-refractivity contribution in [3.63, 3.8) is 0 Å². The van der Waals surface area contributed by atoms with Crippen molar-refractivity contribution in [2.24, 2.45) is 5.73 Å². The summed E-state index contributed by atoms with van der Waals surface area (Å²) in [6, 6.07) is 3.80. The van der Waals surface area contributed by atoms with E-state index in [-0.39, 0.29) is 0 Å². The number of nitrogens with two attached hydrogens (primary N) is 1. The maximum Gasteiger partial charge on any atom is 0.122 e. The maximum atomic E-state index is 5.48. The largest absolute Gasteiger partial charge is 0.388 e. The third kappa shape index (κ3) is 3.75. The summed E-state index contributed by atoms with van der Waals surface area (Å²) in [6.07, 6.45) is 2.77. The number of aromatic nitrogens is 1. The summed E-state index contributed by atoms with van der Waals surface area (Å²) in [7, 11) is 3.73. The maximum absolute atomic E-state index is 5.48. The molecule has 0 saturated carbocycles. The van der Waals surface area contributed by atoms with Crippen LogP contribution in [0, 0.1) is 0 Å². The van der Waals surface area contributed by atoms with Crippen molar-refractivity contribution in [2.45, 2.75) is 6.42 Å². The van der Waals surface area contributed by atoms with Gasteiger partial charge in [-0.2, -0.15) is 0 Å². The number of rotatable bonds is 6. The van der Waals surface area contributed by atoms with Gasteiger partial charge in [-0.15, -0.1) is 0 Å². The predicted octanol–water partition coefficient (Wildman–Crippen LogP) is 1.19. The first-order valence-corrected chi connectivity index (χ1v) is 5.52. The Balaban J connectivity index is 2.56. The molecule has 0 spiro atoms. The standard InChI is InChI=1S/C11H17N3OS/c1-14(6-3-7-15-2)9-4-5-10(11(12)16)13-8-9/h4-5,8H,3,6-7H2,1-2H3,(H2,12,16).